The lowest BCUT2D eigenvalue weighted by Crippen LogP contribution is -2.16. The van der Waals surface area contributed by atoms with Gasteiger partial charge in [-0.25, -0.2) is 0 Å². The van der Waals surface area contributed by atoms with Crippen molar-refractivity contribution < 1.29 is 9.63 Å². The van der Waals surface area contributed by atoms with E-state index in [4.69, 9.17) is 4.84 Å². The van der Waals surface area contributed by atoms with Crippen LogP contribution in [0.15, 0.2) is 51.3 Å². The summed E-state index contributed by atoms with van der Waals surface area (Å²) >= 11 is 0. The maximum Gasteiger partial charge on any atom is 0.317 e. The van der Waals surface area contributed by atoms with Crippen molar-refractivity contribution in [3.8, 4) is 0 Å². The lowest BCUT2D eigenvalue weighted by atomic mass is 10.0. The Kier molecular flexibility index (Phi) is 1.89. The molecular weight excluding hydrogens is 206 g/mol. The van der Waals surface area contributed by atoms with Crippen LogP contribution >= 0.6 is 0 Å². The quantitative estimate of drug-likeness (QED) is 0.713. The second-order valence-corrected chi connectivity index (χ2v) is 3.41. The van der Waals surface area contributed by atoms with Crippen LogP contribution in [0.1, 0.15) is 5.56 Å². The number of carbonyl (C=O) groups is 1. The number of rotatable bonds is 1. The van der Waals surface area contributed by atoms with Gasteiger partial charge in [-0.2, -0.15) is 0 Å². The molecule has 0 saturated carbocycles. The highest BCUT2D eigenvalue weighted by Crippen LogP contribution is 2.28. The van der Waals surface area contributed by atoms with E-state index in [0.29, 0.717) is 11.3 Å². The molecule has 0 bridgehead atoms. The molecule has 78 valence electrons. The highest BCUT2D eigenvalue weighted by Gasteiger charge is 2.30. The number of oxime groups is 1. The largest absolute Gasteiger partial charge is 0.390 e. The van der Waals surface area contributed by atoms with E-state index in [0.717, 1.165) is 5.56 Å². The minimum atomic E-state index is -0.438. The minimum absolute atomic E-state index is 0.272. The number of benzene rings is 1. The number of fused-ring (bicyclic) bond motifs is 1. The van der Waals surface area contributed by atoms with Gasteiger partial charge in [0.25, 0.3) is 0 Å². The number of nitrogens with zero attached hydrogens (tertiary/aromatic N) is 3. The summed E-state index contributed by atoms with van der Waals surface area (Å²) in [5.41, 5.74) is 2.56. The molecule has 0 unspecified atom stereocenters. The first-order chi connectivity index (χ1) is 7.86. The average molecular weight is 213 g/mol. The predicted molar refractivity (Wildman–Crippen MR) is 56.6 cm³/mol. The molecular formula is C11H7N3O2. The summed E-state index contributed by atoms with van der Waals surface area (Å²) in [7, 11) is 0. The van der Waals surface area contributed by atoms with Crippen LogP contribution in [-0.2, 0) is 9.63 Å². The Hall–Kier alpha value is -2.30. The van der Waals surface area contributed by atoms with E-state index in [1.54, 1.807) is 0 Å². The van der Waals surface area contributed by atoms with Crippen LogP contribution in [-0.4, -0.2) is 18.2 Å². The molecule has 5 heteroatoms. The molecule has 16 heavy (non-hydrogen) atoms. The number of carbonyl (C=O) groups excluding carboxylic acids is 1. The van der Waals surface area contributed by atoms with Crippen LogP contribution in [0, 0.1) is 0 Å². The van der Waals surface area contributed by atoms with Gasteiger partial charge < -0.3 is 4.84 Å². The van der Waals surface area contributed by atoms with Crippen molar-refractivity contribution in [3.63, 3.8) is 0 Å². The Morgan fingerprint density at radius 3 is 2.75 bits per heavy atom. The highest BCUT2D eigenvalue weighted by molar-refractivity contribution is 6.47. The Labute approximate surface area is 91.1 Å². The Balaban J connectivity index is 2.15. The van der Waals surface area contributed by atoms with Gasteiger partial charge >= 0.3 is 5.91 Å². The van der Waals surface area contributed by atoms with Gasteiger partial charge in [-0.3, -0.25) is 4.79 Å². The van der Waals surface area contributed by atoms with Crippen molar-refractivity contribution in [1.29, 1.82) is 0 Å². The minimum Gasteiger partial charge on any atom is -0.390 e. The summed E-state index contributed by atoms with van der Waals surface area (Å²) in [5, 5.41) is 11.1. The normalized spacial score (nSPS) is 18.2. The monoisotopic (exact) mass is 213 g/mol. The number of amides is 1. The Bertz CT molecular complexity index is 544. The van der Waals surface area contributed by atoms with Crippen molar-refractivity contribution in [3.05, 3.63) is 41.5 Å². The maximum atomic E-state index is 11.3. The molecule has 0 atom stereocenters. The molecule has 2 aliphatic heterocycles. The third-order valence-electron chi connectivity index (χ3n) is 2.43. The second-order valence-electron chi connectivity index (χ2n) is 3.41. The molecule has 2 heterocycles. The van der Waals surface area contributed by atoms with Crippen LogP contribution in [0.25, 0.3) is 5.70 Å². The van der Waals surface area contributed by atoms with Gasteiger partial charge in [-0.1, -0.05) is 35.5 Å². The van der Waals surface area contributed by atoms with E-state index in [9.17, 15) is 4.79 Å². The molecule has 0 aliphatic carbocycles. The van der Waals surface area contributed by atoms with E-state index < -0.39 is 5.91 Å². The maximum absolute atomic E-state index is 11.3. The van der Waals surface area contributed by atoms with Gasteiger partial charge in [0.2, 0.25) is 0 Å². The van der Waals surface area contributed by atoms with Gasteiger partial charge in [0.05, 0.1) is 5.57 Å². The first-order valence-corrected chi connectivity index (χ1v) is 4.81. The predicted octanol–water partition coefficient (Wildman–Crippen LogP) is 1.78. The van der Waals surface area contributed by atoms with E-state index in [2.05, 4.69) is 15.4 Å². The molecule has 0 aromatic heterocycles. The number of hydrogen-bond donors (Lipinski definition) is 0. The van der Waals surface area contributed by atoms with Gasteiger partial charge in [0, 0.05) is 5.56 Å². The van der Waals surface area contributed by atoms with Crippen molar-refractivity contribution in [2.45, 2.75) is 0 Å². The molecule has 1 amide bonds. The lowest BCUT2D eigenvalue weighted by molar-refractivity contribution is -0.112. The summed E-state index contributed by atoms with van der Waals surface area (Å²) in [5.74, 6) is -0.438. The van der Waals surface area contributed by atoms with E-state index in [1.807, 2.05) is 30.3 Å². The Morgan fingerprint density at radius 1 is 1.12 bits per heavy atom. The van der Waals surface area contributed by atoms with Gasteiger partial charge in [0.15, 0.2) is 5.71 Å². The molecule has 5 nitrogen and oxygen atoms in total. The Morgan fingerprint density at radius 2 is 1.94 bits per heavy atom. The summed E-state index contributed by atoms with van der Waals surface area (Å²) in [4.78, 5) is 16.3. The summed E-state index contributed by atoms with van der Waals surface area (Å²) in [6, 6.07) is 9.54. The smallest absolute Gasteiger partial charge is 0.317 e. The number of hydrogen-bond acceptors (Lipinski definition) is 4. The molecule has 1 aromatic carbocycles. The highest BCUT2D eigenvalue weighted by atomic mass is 16.6. The third kappa shape index (κ3) is 1.25. The van der Waals surface area contributed by atoms with Gasteiger partial charge in [0.1, 0.15) is 12.3 Å². The molecule has 0 saturated heterocycles. The van der Waals surface area contributed by atoms with Crippen molar-refractivity contribution in [2.75, 3.05) is 6.61 Å². The number of azo groups is 1. The van der Waals surface area contributed by atoms with E-state index in [-0.39, 0.29) is 12.3 Å². The van der Waals surface area contributed by atoms with Crippen LogP contribution < -0.4 is 0 Å². The average Bonchev–Trinajstić information content (AvgIpc) is 2.81. The zero-order valence-electron chi connectivity index (χ0n) is 8.25. The van der Waals surface area contributed by atoms with E-state index >= 15 is 0 Å². The van der Waals surface area contributed by atoms with Crippen LogP contribution in [0.5, 0.6) is 0 Å². The van der Waals surface area contributed by atoms with Crippen LogP contribution in [0.2, 0.25) is 0 Å². The molecule has 2 aliphatic rings. The summed E-state index contributed by atoms with van der Waals surface area (Å²) < 4.78 is 0. The molecule has 0 radical (unpaired) electrons. The first-order valence-electron chi connectivity index (χ1n) is 4.81. The van der Waals surface area contributed by atoms with Crippen molar-refractivity contribution >= 4 is 17.3 Å². The molecule has 3 rings (SSSR count). The fourth-order valence-electron chi connectivity index (χ4n) is 1.66. The molecule has 1 aromatic rings. The summed E-state index contributed by atoms with van der Waals surface area (Å²) in [6.45, 7) is 0.282. The molecule has 0 fully saturated rings. The van der Waals surface area contributed by atoms with Gasteiger partial charge in [-0.05, 0) is 0 Å². The lowest BCUT2D eigenvalue weighted by Gasteiger charge is -2.08. The fourth-order valence-corrected chi connectivity index (χ4v) is 1.66. The van der Waals surface area contributed by atoms with Crippen LogP contribution in [0.4, 0.5) is 0 Å². The van der Waals surface area contributed by atoms with E-state index in [1.165, 1.54) is 0 Å². The van der Waals surface area contributed by atoms with Gasteiger partial charge in [-0.15, -0.1) is 10.2 Å². The molecule has 0 N–H and O–H groups in total. The third-order valence-corrected chi connectivity index (χ3v) is 2.43. The zero-order valence-corrected chi connectivity index (χ0v) is 8.25. The van der Waals surface area contributed by atoms with Crippen LogP contribution in [0.3, 0.4) is 0 Å². The topological polar surface area (TPSA) is 63.4 Å². The molecule has 0 spiro atoms. The first kappa shape index (κ1) is 8.96. The SMILES string of the molecule is O=C1N=NC(c2ccccc2)=C2CON=C12. The zero-order chi connectivity index (χ0) is 11.0. The van der Waals surface area contributed by atoms with Crippen molar-refractivity contribution in [2.24, 2.45) is 15.4 Å². The standard InChI is InChI=1S/C11H7N3O2/c15-11-10-8(6-16-14-10)9(12-13-11)7-4-2-1-3-5-7/h1-5H,6H2. The summed E-state index contributed by atoms with van der Waals surface area (Å²) in [6.07, 6.45) is 0. The fraction of sp³-hybridized carbons (Fsp3) is 0.0909. The second kappa shape index (κ2) is 3.37. The van der Waals surface area contributed by atoms with Crippen molar-refractivity contribution in [1.82, 2.24) is 0 Å².